The molecule has 6 nitrogen and oxygen atoms in total. The lowest BCUT2D eigenvalue weighted by Crippen LogP contribution is -2.19. The first-order valence-corrected chi connectivity index (χ1v) is 8.51. The number of nitrogens with zero attached hydrogens (tertiary/aromatic N) is 3. The molecule has 130 valence electrons. The molecular formula is C18H25N3O3. The Kier molecular flexibility index (Phi) is 5.48. The van der Waals surface area contributed by atoms with Gasteiger partial charge in [0.25, 0.3) is 0 Å². The second-order valence-electron chi connectivity index (χ2n) is 6.77. The molecule has 1 aliphatic rings. The zero-order chi connectivity index (χ0) is 16.9. The molecule has 1 aliphatic heterocycles. The van der Waals surface area contributed by atoms with Crippen LogP contribution in [0.25, 0.3) is 0 Å². The highest BCUT2D eigenvalue weighted by Crippen LogP contribution is 2.27. The molecule has 24 heavy (non-hydrogen) atoms. The van der Waals surface area contributed by atoms with Crippen LogP contribution in [-0.2, 0) is 13.2 Å². The molecule has 0 radical (unpaired) electrons. The third-order valence-corrected chi connectivity index (χ3v) is 4.13. The molecule has 3 rings (SSSR count). The molecule has 2 aromatic rings. The number of aliphatic hydroxyl groups excluding tert-OH is 1. The molecule has 6 heteroatoms. The van der Waals surface area contributed by atoms with Crippen molar-refractivity contribution >= 4 is 0 Å². The van der Waals surface area contributed by atoms with Crippen LogP contribution < -0.4 is 4.74 Å². The molecule has 1 N–H and O–H groups in total. The first-order chi connectivity index (χ1) is 11.6. The predicted octanol–water partition coefficient (Wildman–Crippen LogP) is 2.59. The highest BCUT2D eigenvalue weighted by atomic mass is 16.5. The van der Waals surface area contributed by atoms with Crippen LogP contribution in [0.3, 0.4) is 0 Å². The fourth-order valence-corrected chi connectivity index (χ4v) is 2.93. The molecule has 0 amide bonds. The maximum atomic E-state index is 9.03. The summed E-state index contributed by atoms with van der Waals surface area (Å²) < 4.78 is 11.3. The van der Waals surface area contributed by atoms with Crippen LogP contribution in [0.4, 0.5) is 0 Å². The minimum absolute atomic E-state index is 0.202. The van der Waals surface area contributed by atoms with Gasteiger partial charge in [0, 0.05) is 13.1 Å². The van der Waals surface area contributed by atoms with Gasteiger partial charge in [-0.15, -0.1) is 10.2 Å². The zero-order valence-corrected chi connectivity index (χ0v) is 14.3. The molecule has 1 unspecified atom stereocenters. The average Bonchev–Trinajstić information content (AvgIpc) is 3.22. The summed E-state index contributed by atoms with van der Waals surface area (Å²) in [6, 6.07) is 8.30. The second kappa shape index (κ2) is 7.77. The van der Waals surface area contributed by atoms with Crippen molar-refractivity contribution in [2.24, 2.45) is 5.92 Å². The maximum absolute atomic E-state index is 9.03. The fraction of sp³-hybridized carbons (Fsp3) is 0.556. The summed E-state index contributed by atoms with van der Waals surface area (Å²) in [6.07, 6.45) is 0.997. The van der Waals surface area contributed by atoms with Gasteiger partial charge in [-0.05, 0) is 36.6 Å². The van der Waals surface area contributed by atoms with Crippen molar-refractivity contribution in [3.63, 3.8) is 0 Å². The van der Waals surface area contributed by atoms with Gasteiger partial charge < -0.3 is 14.3 Å². The van der Waals surface area contributed by atoms with Crippen molar-refractivity contribution in [2.75, 3.05) is 19.7 Å². The van der Waals surface area contributed by atoms with Gasteiger partial charge in [0.2, 0.25) is 11.8 Å². The maximum Gasteiger partial charge on any atom is 0.241 e. The topological polar surface area (TPSA) is 71.6 Å². The van der Waals surface area contributed by atoms with Gasteiger partial charge in [-0.1, -0.05) is 26.0 Å². The third kappa shape index (κ3) is 4.33. The number of rotatable bonds is 7. The first-order valence-electron chi connectivity index (χ1n) is 8.51. The smallest absolute Gasteiger partial charge is 0.241 e. The van der Waals surface area contributed by atoms with Crippen LogP contribution in [0, 0.1) is 5.92 Å². The Balaban J connectivity index is 1.56. The van der Waals surface area contributed by atoms with E-state index >= 15 is 0 Å². The van der Waals surface area contributed by atoms with Gasteiger partial charge in [0.1, 0.15) is 12.4 Å². The number of aromatic nitrogens is 2. The lowest BCUT2D eigenvalue weighted by molar-refractivity contribution is 0.234. The largest absolute Gasteiger partial charge is 0.493 e. The summed E-state index contributed by atoms with van der Waals surface area (Å²) in [5, 5.41) is 16.9. The number of benzene rings is 1. The van der Waals surface area contributed by atoms with E-state index in [1.807, 2.05) is 12.1 Å². The van der Waals surface area contributed by atoms with E-state index in [2.05, 4.69) is 41.1 Å². The summed E-state index contributed by atoms with van der Waals surface area (Å²) in [6.45, 7) is 7.60. The molecule has 0 aliphatic carbocycles. The molecule has 1 aromatic carbocycles. The Morgan fingerprint density at radius 3 is 3.00 bits per heavy atom. The minimum atomic E-state index is -0.202. The normalized spacial score (nSPS) is 18.4. The summed E-state index contributed by atoms with van der Waals surface area (Å²) in [7, 11) is 0. The Morgan fingerprint density at radius 1 is 1.38 bits per heavy atom. The van der Waals surface area contributed by atoms with E-state index in [9.17, 15) is 0 Å². The van der Waals surface area contributed by atoms with E-state index in [1.54, 1.807) is 0 Å². The van der Waals surface area contributed by atoms with Gasteiger partial charge >= 0.3 is 0 Å². The third-order valence-electron chi connectivity index (χ3n) is 4.13. The van der Waals surface area contributed by atoms with Crippen molar-refractivity contribution < 1.29 is 14.3 Å². The molecule has 1 aromatic heterocycles. The summed E-state index contributed by atoms with van der Waals surface area (Å²) in [5.41, 5.74) is 1.25. The highest BCUT2D eigenvalue weighted by molar-refractivity contribution is 5.28. The first kappa shape index (κ1) is 16.9. The number of aliphatic hydroxyl groups is 1. The SMILES string of the molecule is CC(C)COc1cccc(CN2CCC(c3nnc(CO)o3)C2)c1. The molecule has 1 atom stereocenters. The molecule has 0 bridgehead atoms. The van der Waals surface area contributed by atoms with Crippen molar-refractivity contribution in [3.8, 4) is 5.75 Å². The van der Waals surface area contributed by atoms with Crippen LogP contribution in [0.2, 0.25) is 0 Å². The lowest BCUT2D eigenvalue weighted by atomic mass is 10.1. The van der Waals surface area contributed by atoms with Gasteiger partial charge in [-0.2, -0.15) is 0 Å². The Bertz CT molecular complexity index is 656. The standard InChI is InChI=1S/C18H25N3O3/c1-13(2)12-23-16-5-3-4-14(8-16)9-21-7-6-15(10-21)18-20-19-17(11-22)24-18/h3-5,8,13,15,22H,6-7,9-12H2,1-2H3. The second-order valence-corrected chi connectivity index (χ2v) is 6.77. The monoisotopic (exact) mass is 331 g/mol. The Labute approximate surface area is 142 Å². The van der Waals surface area contributed by atoms with Crippen molar-refractivity contribution in [1.82, 2.24) is 15.1 Å². The van der Waals surface area contributed by atoms with E-state index in [1.165, 1.54) is 5.56 Å². The Morgan fingerprint density at radius 2 is 2.25 bits per heavy atom. The van der Waals surface area contributed by atoms with Crippen LogP contribution in [0.1, 0.15) is 43.5 Å². The van der Waals surface area contributed by atoms with Crippen molar-refractivity contribution in [1.29, 1.82) is 0 Å². The van der Waals surface area contributed by atoms with Gasteiger partial charge in [0.05, 0.1) is 12.5 Å². The van der Waals surface area contributed by atoms with E-state index in [4.69, 9.17) is 14.3 Å². The van der Waals surface area contributed by atoms with E-state index in [0.29, 0.717) is 17.7 Å². The predicted molar refractivity (Wildman–Crippen MR) is 89.6 cm³/mol. The number of hydrogen-bond donors (Lipinski definition) is 1. The van der Waals surface area contributed by atoms with E-state index in [0.717, 1.165) is 38.4 Å². The van der Waals surface area contributed by atoms with Crippen LogP contribution in [-0.4, -0.2) is 39.9 Å². The molecule has 0 saturated carbocycles. The van der Waals surface area contributed by atoms with Crippen LogP contribution >= 0.6 is 0 Å². The summed E-state index contributed by atoms with van der Waals surface area (Å²) >= 11 is 0. The van der Waals surface area contributed by atoms with Crippen molar-refractivity contribution in [2.45, 2.75) is 39.3 Å². The van der Waals surface area contributed by atoms with Gasteiger partial charge in [-0.25, -0.2) is 0 Å². The molecule has 0 spiro atoms. The number of hydrogen-bond acceptors (Lipinski definition) is 6. The molecular weight excluding hydrogens is 306 g/mol. The number of likely N-dealkylation sites (tertiary alicyclic amines) is 1. The number of ether oxygens (including phenoxy) is 1. The van der Waals surface area contributed by atoms with Crippen LogP contribution in [0.5, 0.6) is 5.75 Å². The Hall–Kier alpha value is -1.92. The summed E-state index contributed by atoms with van der Waals surface area (Å²) in [4.78, 5) is 2.38. The molecule has 1 saturated heterocycles. The zero-order valence-electron chi connectivity index (χ0n) is 14.3. The van der Waals surface area contributed by atoms with Crippen molar-refractivity contribution in [3.05, 3.63) is 41.6 Å². The fourth-order valence-electron chi connectivity index (χ4n) is 2.93. The van der Waals surface area contributed by atoms with Crippen LogP contribution in [0.15, 0.2) is 28.7 Å². The molecule has 2 heterocycles. The van der Waals surface area contributed by atoms with E-state index < -0.39 is 0 Å². The minimum Gasteiger partial charge on any atom is -0.493 e. The van der Waals surface area contributed by atoms with Gasteiger partial charge in [-0.3, -0.25) is 4.90 Å². The van der Waals surface area contributed by atoms with Gasteiger partial charge in [0.15, 0.2) is 0 Å². The van der Waals surface area contributed by atoms with E-state index in [-0.39, 0.29) is 12.5 Å². The quantitative estimate of drug-likeness (QED) is 0.841. The highest BCUT2D eigenvalue weighted by Gasteiger charge is 2.28. The summed E-state index contributed by atoms with van der Waals surface area (Å²) in [5.74, 6) is 2.62. The average molecular weight is 331 g/mol. The lowest BCUT2D eigenvalue weighted by Gasteiger charge is -2.16. The molecule has 1 fully saturated rings.